The average Bonchev–Trinajstić information content (AvgIpc) is 3.02. The molecule has 1 aromatic heterocycles. The van der Waals surface area contributed by atoms with Gasteiger partial charge in [0.2, 0.25) is 12.3 Å². The first kappa shape index (κ1) is 10.3. The standard InChI is InChI=1S/C13H9N3O3/c17-7-16-12-9-5-8(1-2-10(9)19-13(12)16)18-11-3-4-14-6-15-11/h1-7,12-13H. The molecule has 6 nitrogen and oxygen atoms in total. The highest BCUT2D eigenvalue weighted by atomic mass is 16.5. The zero-order valence-corrected chi connectivity index (χ0v) is 9.76. The van der Waals surface area contributed by atoms with Gasteiger partial charge in [-0.2, -0.15) is 0 Å². The number of rotatable bonds is 3. The van der Waals surface area contributed by atoms with E-state index in [-0.39, 0.29) is 12.3 Å². The molecule has 2 aromatic rings. The Bertz CT molecular complexity index is 647. The molecule has 1 saturated heterocycles. The van der Waals surface area contributed by atoms with Crippen molar-refractivity contribution in [2.24, 2.45) is 0 Å². The van der Waals surface area contributed by atoms with Crippen LogP contribution in [-0.2, 0) is 4.79 Å². The van der Waals surface area contributed by atoms with E-state index < -0.39 is 0 Å². The molecule has 2 unspecified atom stereocenters. The fraction of sp³-hybridized carbons (Fsp3) is 0.154. The van der Waals surface area contributed by atoms with Crippen molar-refractivity contribution in [1.29, 1.82) is 0 Å². The van der Waals surface area contributed by atoms with Gasteiger partial charge in [-0.05, 0) is 18.2 Å². The zero-order valence-electron chi connectivity index (χ0n) is 9.76. The quantitative estimate of drug-likeness (QED) is 0.614. The van der Waals surface area contributed by atoms with Crippen molar-refractivity contribution in [3.63, 3.8) is 0 Å². The summed E-state index contributed by atoms with van der Waals surface area (Å²) in [5.74, 6) is 1.95. The Hall–Kier alpha value is -2.63. The lowest BCUT2D eigenvalue weighted by atomic mass is 10.1. The highest BCUT2D eigenvalue weighted by molar-refractivity contribution is 5.60. The van der Waals surface area contributed by atoms with Crippen molar-refractivity contribution < 1.29 is 14.3 Å². The van der Waals surface area contributed by atoms with Gasteiger partial charge in [-0.1, -0.05) is 0 Å². The molecule has 2 atom stereocenters. The monoisotopic (exact) mass is 255 g/mol. The van der Waals surface area contributed by atoms with E-state index in [9.17, 15) is 4.79 Å². The van der Waals surface area contributed by atoms with Gasteiger partial charge in [0.25, 0.3) is 0 Å². The fourth-order valence-corrected chi connectivity index (χ4v) is 2.31. The smallest absolute Gasteiger partial charge is 0.222 e. The third kappa shape index (κ3) is 1.53. The minimum atomic E-state index is -0.137. The lowest BCUT2D eigenvalue weighted by Crippen LogP contribution is -2.06. The molecule has 0 radical (unpaired) electrons. The fourth-order valence-electron chi connectivity index (χ4n) is 2.31. The summed E-state index contributed by atoms with van der Waals surface area (Å²) in [5, 5.41) is 0. The van der Waals surface area contributed by atoms with Gasteiger partial charge in [0.1, 0.15) is 23.9 Å². The van der Waals surface area contributed by atoms with Crippen molar-refractivity contribution in [2.45, 2.75) is 12.3 Å². The Morgan fingerprint density at radius 1 is 1.37 bits per heavy atom. The van der Waals surface area contributed by atoms with Crippen LogP contribution in [0.5, 0.6) is 17.4 Å². The van der Waals surface area contributed by atoms with Crippen LogP contribution in [0.2, 0.25) is 0 Å². The molecule has 0 N–H and O–H groups in total. The number of amides is 1. The highest BCUT2D eigenvalue weighted by Gasteiger charge is 2.56. The van der Waals surface area contributed by atoms with Crippen LogP contribution in [0.25, 0.3) is 0 Å². The largest absolute Gasteiger partial charge is 0.467 e. The van der Waals surface area contributed by atoms with Crippen molar-refractivity contribution in [2.75, 3.05) is 0 Å². The summed E-state index contributed by atoms with van der Waals surface area (Å²) in [6, 6.07) is 7.26. The summed E-state index contributed by atoms with van der Waals surface area (Å²) in [5.41, 5.74) is 0.976. The molecule has 0 saturated carbocycles. The second-order valence-electron chi connectivity index (χ2n) is 4.36. The number of hydrogen-bond acceptors (Lipinski definition) is 5. The first-order valence-corrected chi connectivity index (χ1v) is 5.84. The van der Waals surface area contributed by atoms with Crippen LogP contribution < -0.4 is 9.47 Å². The van der Waals surface area contributed by atoms with Crippen LogP contribution >= 0.6 is 0 Å². The van der Waals surface area contributed by atoms with Crippen LogP contribution in [-0.4, -0.2) is 27.5 Å². The van der Waals surface area contributed by atoms with Gasteiger partial charge in [-0.25, -0.2) is 9.97 Å². The molecule has 2 aliphatic rings. The van der Waals surface area contributed by atoms with E-state index in [0.29, 0.717) is 11.6 Å². The van der Waals surface area contributed by atoms with Crippen molar-refractivity contribution in [3.05, 3.63) is 42.4 Å². The van der Waals surface area contributed by atoms with E-state index in [0.717, 1.165) is 17.7 Å². The summed E-state index contributed by atoms with van der Waals surface area (Å²) in [6.07, 6.45) is 3.71. The summed E-state index contributed by atoms with van der Waals surface area (Å²) >= 11 is 0. The van der Waals surface area contributed by atoms with Crippen LogP contribution in [0.3, 0.4) is 0 Å². The predicted octanol–water partition coefficient (Wildman–Crippen LogP) is 1.50. The van der Waals surface area contributed by atoms with Gasteiger partial charge in [-0.3, -0.25) is 9.69 Å². The molecular formula is C13H9N3O3. The van der Waals surface area contributed by atoms with Crippen molar-refractivity contribution >= 4 is 6.41 Å². The van der Waals surface area contributed by atoms with E-state index in [2.05, 4.69) is 9.97 Å². The molecule has 0 spiro atoms. The van der Waals surface area contributed by atoms with Gasteiger partial charge >= 0.3 is 0 Å². The summed E-state index contributed by atoms with van der Waals surface area (Å²) in [4.78, 5) is 20.2. The number of hydrogen-bond donors (Lipinski definition) is 0. The Kier molecular flexibility index (Phi) is 2.00. The minimum absolute atomic E-state index is 0.0291. The Balaban J connectivity index is 1.62. The number of aromatic nitrogens is 2. The Labute approximate surface area is 108 Å². The van der Waals surface area contributed by atoms with E-state index in [1.807, 2.05) is 18.2 Å². The van der Waals surface area contributed by atoms with Gasteiger partial charge < -0.3 is 9.47 Å². The SMILES string of the molecule is O=CN1C2Oc3ccc(Oc4ccncn4)cc3C21. The molecular weight excluding hydrogens is 246 g/mol. The summed E-state index contributed by atoms with van der Waals surface area (Å²) in [7, 11) is 0. The molecule has 3 heterocycles. The van der Waals surface area contributed by atoms with Crippen LogP contribution in [0.15, 0.2) is 36.8 Å². The van der Waals surface area contributed by atoms with Gasteiger partial charge in [0, 0.05) is 17.8 Å². The number of ether oxygens (including phenoxy) is 2. The third-order valence-electron chi connectivity index (χ3n) is 3.24. The van der Waals surface area contributed by atoms with E-state index >= 15 is 0 Å². The summed E-state index contributed by atoms with van der Waals surface area (Å²) < 4.78 is 11.2. The Morgan fingerprint density at radius 3 is 3.11 bits per heavy atom. The van der Waals surface area contributed by atoms with E-state index in [4.69, 9.17) is 9.47 Å². The van der Waals surface area contributed by atoms with Gasteiger partial charge in [-0.15, -0.1) is 0 Å². The Morgan fingerprint density at radius 2 is 2.32 bits per heavy atom. The molecule has 6 heteroatoms. The number of carbonyl (C=O) groups excluding carboxylic acids is 1. The molecule has 0 bridgehead atoms. The van der Waals surface area contributed by atoms with Crippen LogP contribution in [0.4, 0.5) is 0 Å². The van der Waals surface area contributed by atoms with Crippen molar-refractivity contribution in [1.82, 2.24) is 14.9 Å². The van der Waals surface area contributed by atoms with Gasteiger partial charge in [0.15, 0.2) is 6.23 Å². The minimum Gasteiger partial charge on any atom is -0.467 e. The maximum Gasteiger partial charge on any atom is 0.222 e. The van der Waals surface area contributed by atoms with Crippen LogP contribution in [0.1, 0.15) is 11.6 Å². The lowest BCUT2D eigenvalue weighted by molar-refractivity contribution is -0.115. The average molecular weight is 255 g/mol. The maximum atomic E-state index is 10.8. The highest BCUT2D eigenvalue weighted by Crippen LogP contribution is 2.53. The number of carbonyl (C=O) groups is 1. The molecule has 1 amide bonds. The normalized spacial score (nSPS) is 22.2. The maximum absolute atomic E-state index is 10.8. The predicted molar refractivity (Wildman–Crippen MR) is 63.6 cm³/mol. The number of nitrogens with zero attached hydrogens (tertiary/aromatic N) is 3. The summed E-state index contributed by atoms with van der Waals surface area (Å²) in [6.45, 7) is 0. The van der Waals surface area contributed by atoms with E-state index in [1.165, 1.54) is 6.33 Å². The molecule has 2 aliphatic heterocycles. The molecule has 0 aliphatic carbocycles. The second kappa shape index (κ2) is 3.68. The molecule has 19 heavy (non-hydrogen) atoms. The molecule has 1 aromatic carbocycles. The zero-order chi connectivity index (χ0) is 12.8. The third-order valence-corrected chi connectivity index (χ3v) is 3.24. The van der Waals surface area contributed by atoms with E-state index in [1.54, 1.807) is 17.2 Å². The first-order valence-electron chi connectivity index (χ1n) is 5.84. The first-order chi connectivity index (χ1) is 9.36. The second-order valence-corrected chi connectivity index (χ2v) is 4.36. The molecule has 4 rings (SSSR count). The number of fused-ring (bicyclic) bond motifs is 3. The molecule has 94 valence electrons. The van der Waals surface area contributed by atoms with Crippen LogP contribution in [0, 0.1) is 0 Å². The van der Waals surface area contributed by atoms with Crippen molar-refractivity contribution in [3.8, 4) is 17.4 Å². The molecule has 1 fully saturated rings. The topological polar surface area (TPSA) is 64.3 Å². The van der Waals surface area contributed by atoms with Gasteiger partial charge in [0.05, 0.1) is 0 Å². The number of benzene rings is 1. The lowest BCUT2D eigenvalue weighted by Gasteiger charge is -2.09.